The highest BCUT2D eigenvalue weighted by Crippen LogP contribution is 2.32. The zero-order chi connectivity index (χ0) is 12.4. The van der Waals surface area contributed by atoms with Gasteiger partial charge in [-0.3, -0.25) is 0 Å². The third-order valence-corrected chi connectivity index (χ3v) is 4.29. The molecule has 3 N–H and O–H groups in total. The van der Waals surface area contributed by atoms with Crippen LogP contribution in [-0.4, -0.2) is 6.54 Å². The number of rotatable bonds is 3. The van der Waals surface area contributed by atoms with Crippen molar-refractivity contribution in [1.82, 2.24) is 0 Å². The summed E-state index contributed by atoms with van der Waals surface area (Å²) in [5.74, 6) is 1.16. The molecule has 0 bridgehead atoms. The van der Waals surface area contributed by atoms with Crippen LogP contribution in [0.5, 0.6) is 0 Å². The summed E-state index contributed by atoms with van der Waals surface area (Å²) in [6.45, 7) is 3.22. The number of benzene rings is 1. The average molecular weight is 301 g/mol. The highest BCUT2D eigenvalue weighted by atomic mass is 79.9. The van der Waals surface area contributed by atoms with Gasteiger partial charge in [0.25, 0.3) is 0 Å². The van der Waals surface area contributed by atoms with Crippen molar-refractivity contribution >= 4 is 27.3 Å². The maximum Gasteiger partial charge on any atom is 0.139 e. The van der Waals surface area contributed by atoms with E-state index in [-0.39, 0.29) is 5.82 Å². The smallest absolute Gasteiger partial charge is 0.139 e. The molecule has 2 rings (SSSR count). The zero-order valence-electron chi connectivity index (χ0n) is 9.97. The van der Waals surface area contributed by atoms with E-state index >= 15 is 0 Å². The summed E-state index contributed by atoms with van der Waals surface area (Å²) >= 11 is 3.18. The van der Waals surface area contributed by atoms with Gasteiger partial charge >= 0.3 is 0 Å². The van der Waals surface area contributed by atoms with Gasteiger partial charge in [-0.2, -0.15) is 0 Å². The Bertz CT molecular complexity index is 409. The minimum Gasteiger partial charge on any atom is -0.397 e. The van der Waals surface area contributed by atoms with Crippen molar-refractivity contribution in [2.75, 3.05) is 17.6 Å². The number of halogens is 2. The largest absolute Gasteiger partial charge is 0.397 e. The van der Waals surface area contributed by atoms with Gasteiger partial charge in [0.05, 0.1) is 15.8 Å². The van der Waals surface area contributed by atoms with Crippen LogP contribution >= 0.6 is 15.9 Å². The molecule has 17 heavy (non-hydrogen) atoms. The fourth-order valence-corrected chi connectivity index (χ4v) is 2.83. The number of nitrogens with one attached hydrogen (secondary N) is 1. The highest BCUT2D eigenvalue weighted by Gasteiger charge is 2.23. The van der Waals surface area contributed by atoms with Crippen molar-refractivity contribution in [3.05, 3.63) is 22.4 Å². The van der Waals surface area contributed by atoms with Crippen LogP contribution in [0.1, 0.15) is 26.2 Å². The lowest BCUT2D eigenvalue weighted by Crippen LogP contribution is -2.17. The van der Waals surface area contributed by atoms with Crippen LogP contribution in [-0.2, 0) is 0 Å². The third-order valence-electron chi connectivity index (χ3n) is 3.69. The van der Waals surface area contributed by atoms with E-state index in [1.165, 1.54) is 25.3 Å². The van der Waals surface area contributed by atoms with Crippen molar-refractivity contribution < 1.29 is 4.39 Å². The van der Waals surface area contributed by atoms with E-state index in [4.69, 9.17) is 5.73 Å². The van der Waals surface area contributed by atoms with Crippen LogP contribution in [0.25, 0.3) is 0 Å². The molecule has 1 aromatic rings. The van der Waals surface area contributed by atoms with Gasteiger partial charge in [0, 0.05) is 12.6 Å². The first kappa shape index (κ1) is 12.7. The molecule has 0 aromatic heterocycles. The number of hydrogen-bond acceptors (Lipinski definition) is 2. The average Bonchev–Trinajstić information content (AvgIpc) is 2.68. The van der Waals surface area contributed by atoms with Crippen LogP contribution in [0.3, 0.4) is 0 Å². The maximum atomic E-state index is 13.2. The van der Waals surface area contributed by atoms with Gasteiger partial charge in [0.1, 0.15) is 5.82 Å². The Kier molecular flexibility index (Phi) is 3.92. The minimum atomic E-state index is -0.317. The molecular formula is C13H18BrFN2. The molecule has 4 heteroatoms. The molecule has 1 saturated carbocycles. The summed E-state index contributed by atoms with van der Waals surface area (Å²) in [6.07, 6.45) is 3.90. The summed E-state index contributed by atoms with van der Waals surface area (Å²) in [5, 5.41) is 3.33. The highest BCUT2D eigenvalue weighted by molar-refractivity contribution is 9.10. The van der Waals surface area contributed by atoms with E-state index in [2.05, 4.69) is 28.2 Å². The Morgan fingerprint density at radius 3 is 2.88 bits per heavy atom. The third kappa shape index (κ3) is 2.92. The summed E-state index contributed by atoms with van der Waals surface area (Å²) in [6, 6.07) is 3.06. The topological polar surface area (TPSA) is 38.0 Å². The van der Waals surface area contributed by atoms with Crippen LogP contribution in [0.2, 0.25) is 0 Å². The standard InChI is InChI=1S/C13H18BrFN2/c1-8-3-2-4-9(8)7-17-13-5-10(14)11(15)6-12(13)16/h5-6,8-9,17H,2-4,7,16H2,1H3. The molecule has 0 aliphatic heterocycles. The van der Waals surface area contributed by atoms with Crippen molar-refractivity contribution in [2.24, 2.45) is 11.8 Å². The van der Waals surface area contributed by atoms with E-state index < -0.39 is 0 Å². The molecule has 0 saturated heterocycles. The van der Waals surface area contributed by atoms with Gasteiger partial charge in [-0.05, 0) is 40.3 Å². The van der Waals surface area contributed by atoms with Crippen molar-refractivity contribution in [1.29, 1.82) is 0 Å². The lowest BCUT2D eigenvalue weighted by molar-refractivity contribution is 0.440. The quantitative estimate of drug-likeness (QED) is 0.828. The Balaban J connectivity index is 2.01. The molecule has 0 heterocycles. The Labute approximate surface area is 110 Å². The van der Waals surface area contributed by atoms with Gasteiger partial charge < -0.3 is 11.1 Å². The lowest BCUT2D eigenvalue weighted by atomic mass is 9.98. The van der Waals surface area contributed by atoms with Gasteiger partial charge in [0.15, 0.2) is 0 Å². The van der Waals surface area contributed by atoms with Gasteiger partial charge in [-0.25, -0.2) is 4.39 Å². The molecule has 2 unspecified atom stereocenters. The molecule has 1 aliphatic rings. The summed E-state index contributed by atoms with van der Waals surface area (Å²) in [7, 11) is 0. The normalized spacial score (nSPS) is 23.9. The maximum absolute atomic E-state index is 13.2. The van der Waals surface area contributed by atoms with E-state index in [9.17, 15) is 4.39 Å². The second-order valence-corrected chi connectivity index (χ2v) is 5.76. The summed E-state index contributed by atoms with van der Waals surface area (Å²) in [5.41, 5.74) is 7.07. The first-order valence-corrected chi connectivity index (χ1v) is 6.85. The monoisotopic (exact) mass is 300 g/mol. The second-order valence-electron chi connectivity index (χ2n) is 4.90. The number of nitrogen functional groups attached to an aromatic ring is 1. The molecular weight excluding hydrogens is 283 g/mol. The predicted octanol–water partition coefficient (Wildman–Crippen LogP) is 4.02. The molecule has 0 spiro atoms. The Hall–Kier alpha value is -0.770. The van der Waals surface area contributed by atoms with Crippen LogP contribution < -0.4 is 11.1 Å². The fraction of sp³-hybridized carbons (Fsp3) is 0.538. The van der Waals surface area contributed by atoms with Gasteiger partial charge in [0.2, 0.25) is 0 Å². The van der Waals surface area contributed by atoms with Crippen molar-refractivity contribution in [3.63, 3.8) is 0 Å². The van der Waals surface area contributed by atoms with E-state index in [0.29, 0.717) is 16.1 Å². The van der Waals surface area contributed by atoms with Gasteiger partial charge in [-0.1, -0.05) is 19.8 Å². The summed E-state index contributed by atoms with van der Waals surface area (Å²) in [4.78, 5) is 0. The van der Waals surface area contributed by atoms with E-state index in [1.54, 1.807) is 6.07 Å². The molecule has 1 aliphatic carbocycles. The Morgan fingerprint density at radius 1 is 1.47 bits per heavy atom. The second kappa shape index (κ2) is 5.25. The Morgan fingerprint density at radius 2 is 2.24 bits per heavy atom. The molecule has 2 atom stereocenters. The molecule has 0 radical (unpaired) electrons. The molecule has 0 amide bonds. The number of anilines is 2. The number of hydrogen-bond donors (Lipinski definition) is 2. The molecule has 1 fully saturated rings. The fourth-order valence-electron chi connectivity index (χ4n) is 2.48. The van der Waals surface area contributed by atoms with Crippen LogP contribution in [0.15, 0.2) is 16.6 Å². The van der Waals surface area contributed by atoms with E-state index in [0.717, 1.165) is 18.2 Å². The van der Waals surface area contributed by atoms with E-state index in [1.807, 2.05) is 0 Å². The lowest BCUT2D eigenvalue weighted by Gasteiger charge is -2.18. The van der Waals surface area contributed by atoms with Crippen molar-refractivity contribution in [2.45, 2.75) is 26.2 Å². The first-order chi connectivity index (χ1) is 8.08. The zero-order valence-corrected chi connectivity index (χ0v) is 11.6. The molecule has 1 aromatic carbocycles. The predicted molar refractivity (Wildman–Crippen MR) is 73.5 cm³/mol. The molecule has 2 nitrogen and oxygen atoms in total. The van der Waals surface area contributed by atoms with Crippen LogP contribution in [0.4, 0.5) is 15.8 Å². The molecule has 94 valence electrons. The first-order valence-electron chi connectivity index (χ1n) is 6.06. The van der Waals surface area contributed by atoms with Crippen molar-refractivity contribution in [3.8, 4) is 0 Å². The number of nitrogens with two attached hydrogens (primary N) is 1. The van der Waals surface area contributed by atoms with Crippen LogP contribution in [0, 0.1) is 17.7 Å². The van der Waals surface area contributed by atoms with Gasteiger partial charge in [-0.15, -0.1) is 0 Å². The summed E-state index contributed by atoms with van der Waals surface area (Å²) < 4.78 is 13.7. The SMILES string of the molecule is CC1CCCC1CNc1cc(Br)c(F)cc1N. The minimum absolute atomic E-state index is 0.317.